The van der Waals surface area contributed by atoms with Crippen LogP contribution in [-0.2, 0) is 9.22 Å². The minimum atomic E-state index is -0.809. The van der Waals surface area contributed by atoms with Gasteiger partial charge in [-0.25, -0.2) is 4.79 Å². The molecule has 0 aromatic heterocycles. The summed E-state index contributed by atoms with van der Waals surface area (Å²) in [4.78, 5) is 10.6. The van der Waals surface area contributed by atoms with E-state index in [1.165, 1.54) is 25.7 Å². The van der Waals surface area contributed by atoms with Gasteiger partial charge in [-0.05, 0) is 25.3 Å². The molecule has 0 bridgehead atoms. The third-order valence-electron chi connectivity index (χ3n) is 2.98. The van der Waals surface area contributed by atoms with Gasteiger partial charge in [-0.3, -0.25) is 0 Å². The topological polar surface area (TPSA) is 46.5 Å². The van der Waals surface area contributed by atoms with E-state index in [2.05, 4.69) is 6.92 Å². The van der Waals surface area contributed by atoms with Crippen LogP contribution in [0.5, 0.6) is 0 Å². The van der Waals surface area contributed by atoms with E-state index in [4.69, 9.17) is 9.53 Å². The number of allylic oxidation sites excluding steroid dienone is 1. The number of hydrogen-bond acceptors (Lipinski definition) is 2. The molecule has 0 aromatic rings. The maximum atomic E-state index is 10.6. The van der Waals surface area contributed by atoms with Crippen molar-refractivity contribution >= 4 is 15.7 Å². The van der Waals surface area contributed by atoms with Crippen molar-refractivity contribution < 1.29 is 14.3 Å². The first-order valence-corrected chi connectivity index (χ1v) is 7.90. The van der Waals surface area contributed by atoms with E-state index in [-0.39, 0.29) is 0 Å². The van der Waals surface area contributed by atoms with Gasteiger partial charge < -0.3 is 9.53 Å². The van der Waals surface area contributed by atoms with Crippen molar-refractivity contribution in [3.8, 4) is 0 Å². The maximum absolute atomic E-state index is 10.6. The van der Waals surface area contributed by atoms with Crippen LogP contribution in [0.4, 0.5) is 0 Å². The molecule has 4 heteroatoms. The standard InChI is InChI=1S/C13H26O3Si/c1-4-5-6-9-12(17-16-3)10-7-8-11(2)13(14)15/h8,12H,4-7,9-10,17H2,1-3H3,(H,14,15). The van der Waals surface area contributed by atoms with E-state index in [1.807, 2.05) is 6.08 Å². The molecular formula is C13H26O3Si. The lowest BCUT2D eigenvalue weighted by atomic mass is 10.1. The average molecular weight is 258 g/mol. The Morgan fingerprint density at radius 2 is 2.12 bits per heavy atom. The Morgan fingerprint density at radius 1 is 1.41 bits per heavy atom. The number of hydrogen-bond donors (Lipinski definition) is 1. The van der Waals surface area contributed by atoms with Crippen LogP contribution in [0.3, 0.4) is 0 Å². The first-order valence-electron chi connectivity index (χ1n) is 6.50. The summed E-state index contributed by atoms with van der Waals surface area (Å²) in [5.41, 5.74) is 1.15. The predicted octanol–water partition coefficient (Wildman–Crippen LogP) is 2.90. The van der Waals surface area contributed by atoms with E-state index in [9.17, 15) is 4.79 Å². The maximum Gasteiger partial charge on any atom is 0.330 e. The van der Waals surface area contributed by atoms with Gasteiger partial charge in [-0.1, -0.05) is 38.7 Å². The van der Waals surface area contributed by atoms with Crippen LogP contribution in [-0.4, -0.2) is 27.9 Å². The molecular weight excluding hydrogens is 232 g/mol. The van der Waals surface area contributed by atoms with E-state index >= 15 is 0 Å². The zero-order chi connectivity index (χ0) is 13.1. The minimum Gasteiger partial charge on any atom is -0.478 e. The quantitative estimate of drug-likeness (QED) is 0.372. The molecule has 0 aliphatic carbocycles. The Bertz CT molecular complexity index is 239. The summed E-state index contributed by atoms with van der Waals surface area (Å²) in [6.45, 7) is 3.86. The zero-order valence-electron chi connectivity index (χ0n) is 11.4. The lowest BCUT2D eigenvalue weighted by Gasteiger charge is -2.13. The van der Waals surface area contributed by atoms with E-state index in [0.717, 1.165) is 12.8 Å². The van der Waals surface area contributed by atoms with Gasteiger partial charge in [0, 0.05) is 12.7 Å². The highest BCUT2D eigenvalue weighted by molar-refractivity contribution is 6.29. The van der Waals surface area contributed by atoms with Gasteiger partial charge in [0.1, 0.15) is 0 Å². The summed E-state index contributed by atoms with van der Waals surface area (Å²) in [5.74, 6) is -0.809. The molecule has 1 atom stereocenters. The van der Waals surface area contributed by atoms with Gasteiger partial charge >= 0.3 is 5.97 Å². The van der Waals surface area contributed by atoms with Gasteiger partial charge in [0.05, 0.1) is 0 Å². The number of carboxylic acids is 1. The van der Waals surface area contributed by atoms with Crippen molar-refractivity contribution in [2.24, 2.45) is 0 Å². The lowest BCUT2D eigenvalue weighted by Crippen LogP contribution is -2.06. The lowest BCUT2D eigenvalue weighted by molar-refractivity contribution is -0.132. The second kappa shape index (κ2) is 10.5. The number of carboxylic acid groups (broad SMARTS) is 1. The van der Waals surface area contributed by atoms with Crippen LogP contribution in [0.2, 0.25) is 5.54 Å². The molecule has 0 rings (SSSR count). The van der Waals surface area contributed by atoms with Gasteiger partial charge in [0.25, 0.3) is 0 Å². The van der Waals surface area contributed by atoms with Crippen molar-refractivity contribution in [2.75, 3.05) is 7.11 Å². The van der Waals surface area contributed by atoms with Gasteiger partial charge in [-0.2, -0.15) is 0 Å². The molecule has 0 aliphatic heterocycles. The molecule has 0 fully saturated rings. The molecule has 17 heavy (non-hydrogen) atoms. The second-order valence-electron chi connectivity index (χ2n) is 4.59. The molecule has 1 unspecified atom stereocenters. The van der Waals surface area contributed by atoms with Crippen LogP contribution >= 0.6 is 0 Å². The first-order chi connectivity index (χ1) is 8.11. The smallest absolute Gasteiger partial charge is 0.330 e. The van der Waals surface area contributed by atoms with Crippen LogP contribution in [0, 0.1) is 0 Å². The molecule has 0 heterocycles. The van der Waals surface area contributed by atoms with Crippen molar-refractivity contribution in [3.63, 3.8) is 0 Å². The molecule has 0 spiro atoms. The third kappa shape index (κ3) is 9.12. The Kier molecular flexibility index (Phi) is 10.2. The number of unbranched alkanes of at least 4 members (excludes halogenated alkanes) is 2. The van der Waals surface area contributed by atoms with E-state index in [1.54, 1.807) is 14.0 Å². The SMILES string of the molecule is CCCCCC(CCC=C(C)C(=O)O)[SiH2]OC. The fourth-order valence-electron chi connectivity index (χ4n) is 1.85. The van der Waals surface area contributed by atoms with Gasteiger partial charge in [-0.15, -0.1) is 0 Å². The van der Waals surface area contributed by atoms with Crippen LogP contribution in [0.25, 0.3) is 0 Å². The molecule has 3 nitrogen and oxygen atoms in total. The van der Waals surface area contributed by atoms with Crippen molar-refractivity contribution in [3.05, 3.63) is 11.6 Å². The van der Waals surface area contributed by atoms with Crippen LogP contribution < -0.4 is 0 Å². The Hall–Kier alpha value is -0.613. The fourth-order valence-corrected chi connectivity index (χ4v) is 3.18. The van der Waals surface area contributed by atoms with Gasteiger partial charge in [0.2, 0.25) is 0 Å². The van der Waals surface area contributed by atoms with Crippen LogP contribution in [0.15, 0.2) is 11.6 Å². The molecule has 0 aromatic carbocycles. The van der Waals surface area contributed by atoms with Crippen molar-refractivity contribution in [1.82, 2.24) is 0 Å². The molecule has 0 saturated heterocycles. The summed E-state index contributed by atoms with van der Waals surface area (Å²) in [6.07, 6.45) is 8.84. The second-order valence-corrected chi connectivity index (χ2v) is 6.65. The Balaban J connectivity index is 3.91. The highest BCUT2D eigenvalue weighted by atomic mass is 28.2. The van der Waals surface area contributed by atoms with Gasteiger partial charge in [0.15, 0.2) is 9.76 Å². The number of carbonyl (C=O) groups is 1. The number of rotatable bonds is 10. The summed E-state index contributed by atoms with van der Waals surface area (Å²) in [6, 6.07) is 0. The Labute approximate surface area is 107 Å². The Morgan fingerprint density at radius 3 is 2.65 bits per heavy atom. The number of aliphatic carboxylic acids is 1. The molecule has 0 aliphatic rings. The summed E-state index contributed by atoms with van der Waals surface area (Å²) in [7, 11) is 1.36. The highest BCUT2D eigenvalue weighted by Gasteiger charge is 2.08. The fraction of sp³-hybridized carbons (Fsp3) is 0.769. The summed E-state index contributed by atoms with van der Waals surface area (Å²) >= 11 is 0. The van der Waals surface area contributed by atoms with Crippen LogP contribution in [0.1, 0.15) is 52.4 Å². The molecule has 100 valence electrons. The molecule has 0 amide bonds. The highest BCUT2D eigenvalue weighted by Crippen LogP contribution is 2.21. The third-order valence-corrected chi connectivity index (χ3v) is 4.60. The monoisotopic (exact) mass is 258 g/mol. The average Bonchev–Trinajstić information content (AvgIpc) is 2.29. The van der Waals surface area contributed by atoms with E-state index in [0.29, 0.717) is 11.1 Å². The predicted molar refractivity (Wildman–Crippen MR) is 74.1 cm³/mol. The summed E-state index contributed by atoms with van der Waals surface area (Å²) in [5, 5.41) is 8.74. The molecule has 0 radical (unpaired) electrons. The normalized spacial score (nSPS) is 14.4. The zero-order valence-corrected chi connectivity index (χ0v) is 12.8. The summed E-state index contributed by atoms with van der Waals surface area (Å²) < 4.78 is 5.34. The van der Waals surface area contributed by atoms with Crippen molar-refractivity contribution in [1.29, 1.82) is 0 Å². The molecule has 0 saturated carbocycles. The largest absolute Gasteiger partial charge is 0.478 e. The minimum absolute atomic E-state index is 0.433. The molecule has 1 N–H and O–H groups in total. The van der Waals surface area contributed by atoms with Crippen molar-refractivity contribution in [2.45, 2.75) is 57.9 Å². The van der Waals surface area contributed by atoms with E-state index < -0.39 is 15.7 Å². The first kappa shape index (κ1) is 16.4.